The molecule has 7 heteroatoms. The number of morpholine rings is 1. The maximum Gasteiger partial charge on any atom is 0.170 e. The molecule has 3 heterocycles. The molecule has 0 amide bonds. The van der Waals surface area contributed by atoms with Gasteiger partial charge in [0, 0.05) is 30.2 Å². The molecule has 1 fully saturated rings. The van der Waals surface area contributed by atoms with Crippen LogP contribution in [0.15, 0.2) is 54.1 Å². The largest absolute Gasteiger partial charge is 0.382 e. The van der Waals surface area contributed by atoms with Crippen molar-refractivity contribution in [3.63, 3.8) is 0 Å². The van der Waals surface area contributed by atoms with Gasteiger partial charge in [-0.1, -0.05) is 36.0 Å². The van der Waals surface area contributed by atoms with Crippen molar-refractivity contribution < 1.29 is 9.53 Å². The number of pyridine rings is 1. The van der Waals surface area contributed by atoms with Gasteiger partial charge in [0.25, 0.3) is 0 Å². The fourth-order valence-electron chi connectivity index (χ4n) is 4.35. The van der Waals surface area contributed by atoms with Crippen molar-refractivity contribution in [1.29, 1.82) is 0 Å². The summed E-state index contributed by atoms with van der Waals surface area (Å²) in [4.78, 5) is 18.2. The number of hydrogen-bond donors (Lipinski definition) is 2. The number of nitrogens with two attached hydrogens (primary N) is 1. The lowest BCUT2D eigenvalue weighted by Crippen LogP contribution is -2.36. The Kier molecular flexibility index (Phi) is 5.08. The predicted molar refractivity (Wildman–Crippen MR) is 127 cm³/mol. The summed E-state index contributed by atoms with van der Waals surface area (Å²) in [5, 5.41) is 6.18. The van der Waals surface area contributed by atoms with Gasteiger partial charge in [-0.2, -0.15) is 0 Å². The van der Waals surface area contributed by atoms with Gasteiger partial charge >= 0.3 is 0 Å². The van der Waals surface area contributed by atoms with E-state index in [2.05, 4.69) is 46.4 Å². The number of nitrogen functional groups attached to an aromatic ring is 1. The standard InChI is InChI=1S/C24H24N4O2S/c1-16-3-2-4-19(24(15-29)26-7-12-31-24)22(16)17-5-6-20-18(13-17)14-21(23(25)27-20)28-8-10-30-11-9-28/h2-7,12-15,26H,8-11H2,1H3,(H2,25,27). The fourth-order valence-corrected chi connectivity index (χ4v) is 5.19. The molecule has 158 valence electrons. The zero-order valence-corrected chi connectivity index (χ0v) is 18.1. The predicted octanol–water partition coefficient (Wildman–Crippen LogP) is 3.79. The van der Waals surface area contributed by atoms with Crippen LogP contribution in [0.4, 0.5) is 11.5 Å². The number of hydrogen-bond acceptors (Lipinski definition) is 7. The number of anilines is 2. The molecule has 0 bridgehead atoms. The van der Waals surface area contributed by atoms with E-state index in [1.165, 1.54) is 11.8 Å². The molecular weight excluding hydrogens is 408 g/mol. The monoisotopic (exact) mass is 432 g/mol. The molecule has 0 saturated carbocycles. The molecule has 0 aliphatic carbocycles. The second-order valence-corrected chi connectivity index (χ2v) is 8.97. The Hall–Kier alpha value is -3.03. The number of nitrogens with zero attached hydrogens (tertiary/aromatic N) is 2. The number of nitrogens with one attached hydrogen (secondary N) is 1. The van der Waals surface area contributed by atoms with Crippen molar-refractivity contribution in [1.82, 2.24) is 10.3 Å². The Bertz CT molecular complexity index is 1180. The highest BCUT2D eigenvalue weighted by molar-refractivity contribution is 8.03. The number of aryl methyl sites for hydroxylation is 1. The number of aldehydes is 1. The lowest BCUT2D eigenvalue weighted by Gasteiger charge is -2.29. The summed E-state index contributed by atoms with van der Waals surface area (Å²) in [5.74, 6) is 0.538. The number of fused-ring (bicyclic) bond motifs is 1. The first kappa shape index (κ1) is 19.9. The van der Waals surface area contributed by atoms with Crippen LogP contribution in [0.25, 0.3) is 22.0 Å². The van der Waals surface area contributed by atoms with Crippen LogP contribution in [0, 0.1) is 6.92 Å². The van der Waals surface area contributed by atoms with E-state index in [0.717, 1.165) is 58.2 Å². The molecule has 1 aromatic heterocycles. The zero-order chi connectivity index (χ0) is 21.4. The third-order valence-electron chi connectivity index (χ3n) is 5.92. The number of ether oxygens (including phenoxy) is 1. The third kappa shape index (κ3) is 3.43. The average Bonchev–Trinajstić information content (AvgIpc) is 3.29. The minimum absolute atomic E-state index is 0.538. The molecule has 2 aromatic carbocycles. The van der Waals surface area contributed by atoms with E-state index in [1.54, 1.807) is 0 Å². The average molecular weight is 433 g/mol. The Morgan fingerprint density at radius 2 is 2.06 bits per heavy atom. The van der Waals surface area contributed by atoms with Gasteiger partial charge in [0.1, 0.15) is 5.82 Å². The second-order valence-electron chi connectivity index (χ2n) is 7.82. The van der Waals surface area contributed by atoms with Crippen LogP contribution in [0.1, 0.15) is 11.1 Å². The number of carbonyl (C=O) groups is 1. The maximum atomic E-state index is 12.1. The summed E-state index contributed by atoms with van der Waals surface area (Å²) in [7, 11) is 0. The zero-order valence-electron chi connectivity index (χ0n) is 17.3. The van der Waals surface area contributed by atoms with E-state index in [-0.39, 0.29) is 0 Å². The van der Waals surface area contributed by atoms with Gasteiger partial charge in [0.2, 0.25) is 0 Å². The van der Waals surface area contributed by atoms with Crippen LogP contribution in [-0.4, -0.2) is 37.6 Å². The Morgan fingerprint density at radius 3 is 2.81 bits per heavy atom. The lowest BCUT2D eigenvalue weighted by molar-refractivity contribution is -0.110. The minimum Gasteiger partial charge on any atom is -0.382 e. The molecule has 1 saturated heterocycles. The Labute approximate surface area is 185 Å². The molecule has 0 spiro atoms. The van der Waals surface area contributed by atoms with Gasteiger partial charge in [-0.05, 0) is 47.2 Å². The number of thioether (sulfide) groups is 1. The first-order chi connectivity index (χ1) is 15.1. The highest BCUT2D eigenvalue weighted by Crippen LogP contribution is 2.43. The molecule has 6 nitrogen and oxygen atoms in total. The third-order valence-corrected chi connectivity index (χ3v) is 7.00. The minimum atomic E-state index is -0.811. The van der Waals surface area contributed by atoms with E-state index >= 15 is 0 Å². The number of carbonyl (C=O) groups excluding carboxylic acids is 1. The van der Waals surface area contributed by atoms with Crippen molar-refractivity contribution in [3.05, 3.63) is 65.2 Å². The van der Waals surface area contributed by atoms with Crippen LogP contribution in [0.3, 0.4) is 0 Å². The molecule has 2 aliphatic rings. The van der Waals surface area contributed by atoms with E-state index in [1.807, 2.05) is 29.8 Å². The highest BCUT2D eigenvalue weighted by Gasteiger charge is 2.36. The maximum absolute atomic E-state index is 12.1. The summed E-state index contributed by atoms with van der Waals surface area (Å²) in [6, 6.07) is 14.4. The van der Waals surface area contributed by atoms with Gasteiger partial charge in [-0.3, -0.25) is 4.79 Å². The molecule has 5 rings (SSSR count). The van der Waals surface area contributed by atoms with Crippen molar-refractivity contribution in [2.45, 2.75) is 11.8 Å². The molecule has 3 aromatic rings. The van der Waals surface area contributed by atoms with Crippen molar-refractivity contribution in [2.75, 3.05) is 36.9 Å². The van der Waals surface area contributed by atoms with Gasteiger partial charge in [-0.15, -0.1) is 0 Å². The van der Waals surface area contributed by atoms with Gasteiger partial charge in [-0.25, -0.2) is 4.98 Å². The van der Waals surface area contributed by atoms with Crippen molar-refractivity contribution in [2.24, 2.45) is 0 Å². The molecule has 3 N–H and O–H groups in total. The SMILES string of the molecule is Cc1cccc(C2(C=O)NC=CS2)c1-c1ccc2nc(N)c(N3CCOCC3)cc2c1. The summed E-state index contributed by atoms with van der Waals surface area (Å²) in [5.41, 5.74) is 12.3. The number of aromatic nitrogens is 1. The van der Waals surface area contributed by atoms with E-state index in [9.17, 15) is 4.79 Å². The molecule has 0 radical (unpaired) electrons. The molecule has 31 heavy (non-hydrogen) atoms. The summed E-state index contributed by atoms with van der Waals surface area (Å²) < 4.78 is 5.48. The quantitative estimate of drug-likeness (QED) is 0.607. The van der Waals surface area contributed by atoms with Crippen LogP contribution >= 0.6 is 11.8 Å². The van der Waals surface area contributed by atoms with Gasteiger partial charge in [0.15, 0.2) is 11.2 Å². The molecule has 2 aliphatic heterocycles. The first-order valence-electron chi connectivity index (χ1n) is 10.3. The van der Waals surface area contributed by atoms with Crippen LogP contribution in [0.5, 0.6) is 0 Å². The first-order valence-corrected chi connectivity index (χ1v) is 11.2. The van der Waals surface area contributed by atoms with Gasteiger partial charge < -0.3 is 20.7 Å². The van der Waals surface area contributed by atoms with Crippen molar-refractivity contribution in [3.8, 4) is 11.1 Å². The number of rotatable bonds is 4. The molecule has 1 atom stereocenters. The normalized spacial score (nSPS) is 20.7. The topological polar surface area (TPSA) is 80.5 Å². The highest BCUT2D eigenvalue weighted by atomic mass is 32.2. The fraction of sp³-hybridized carbons (Fsp3) is 0.250. The molecule has 1 unspecified atom stereocenters. The van der Waals surface area contributed by atoms with E-state index < -0.39 is 4.87 Å². The van der Waals surface area contributed by atoms with Crippen LogP contribution < -0.4 is 16.0 Å². The Morgan fingerprint density at radius 1 is 1.23 bits per heavy atom. The number of benzene rings is 2. The van der Waals surface area contributed by atoms with E-state index in [0.29, 0.717) is 19.0 Å². The second kappa shape index (κ2) is 7.90. The Balaban J connectivity index is 1.64. The summed E-state index contributed by atoms with van der Waals surface area (Å²) >= 11 is 1.48. The smallest absolute Gasteiger partial charge is 0.170 e. The van der Waals surface area contributed by atoms with Gasteiger partial charge in [0.05, 0.1) is 24.4 Å². The summed E-state index contributed by atoms with van der Waals surface area (Å²) in [6.45, 7) is 5.07. The van der Waals surface area contributed by atoms with E-state index in [4.69, 9.17) is 10.5 Å². The lowest BCUT2D eigenvalue weighted by atomic mass is 9.90. The van der Waals surface area contributed by atoms with Crippen molar-refractivity contribution >= 4 is 40.5 Å². The summed E-state index contributed by atoms with van der Waals surface area (Å²) in [6.07, 6.45) is 2.81. The van der Waals surface area contributed by atoms with Crippen LogP contribution in [0.2, 0.25) is 0 Å². The van der Waals surface area contributed by atoms with Crippen LogP contribution in [-0.2, 0) is 14.4 Å². The molecular formula is C24H24N4O2S.